The van der Waals surface area contributed by atoms with E-state index in [1.165, 1.54) is 6.07 Å². The first-order chi connectivity index (χ1) is 8.58. The quantitative estimate of drug-likeness (QED) is 0.925. The van der Waals surface area contributed by atoms with Crippen LogP contribution in [0.4, 0.5) is 4.39 Å². The molecular formula is C14H19BrFNO. The lowest BCUT2D eigenvalue weighted by atomic mass is 9.91. The molecule has 2 nitrogen and oxygen atoms in total. The van der Waals surface area contributed by atoms with Gasteiger partial charge in [0.2, 0.25) is 0 Å². The Labute approximate surface area is 116 Å². The van der Waals surface area contributed by atoms with Gasteiger partial charge in [-0.2, -0.15) is 0 Å². The van der Waals surface area contributed by atoms with Gasteiger partial charge in [0.1, 0.15) is 5.82 Å². The molecule has 0 aliphatic heterocycles. The average molecular weight is 316 g/mol. The molecular weight excluding hydrogens is 297 g/mol. The molecule has 0 amide bonds. The molecule has 1 fully saturated rings. The lowest BCUT2D eigenvalue weighted by molar-refractivity contribution is 0.0287. The van der Waals surface area contributed by atoms with Crippen LogP contribution in [0.25, 0.3) is 0 Å². The number of hydrogen-bond acceptors (Lipinski definition) is 2. The van der Waals surface area contributed by atoms with Crippen molar-refractivity contribution >= 4 is 15.9 Å². The van der Waals surface area contributed by atoms with Crippen molar-refractivity contribution in [2.24, 2.45) is 0 Å². The number of benzene rings is 1. The molecule has 0 radical (unpaired) electrons. The summed E-state index contributed by atoms with van der Waals surface area (Å²) in [5.74, 6) is -0.217. The molecule has 1 N–H and O–H groups in total. The van der Waals surface area contributed by atoms with E-state index >= 15 is 0 Å². The van der Waals surface area contributed by atoms with E-state index in [9.17, 15) is 9.50 Å². The van der Waals surface area contributed by atoms with Gasteiger partial charge >= 0.3 is 0 Å². The van der Waals surface area contributed by atoms with Gasteiger partial charge < -0.3 is 5.11 Å². The molecule has 0 heterocycles. The first kappa shape index (κ1) is 14.0. The number of aliphatic hydroxyl groups is 1. The standard InChI is InChI=1S/C14H19BrFNO/c1-17(13-4-2-3-5-14(13)18)9-10-8-11(16)6-7-12(10)15/h6-8,13-14,18H,2-5,9H2,1H3. The number of rotatable bonds is 3. The molecule has 2 rings (SSSR count). The zero-order valence-electron chi connectivity index (χ0n) is 10.6. The normalized spacial score (nSPS) is 24.5. The second kappa shape index (κ2) is 6.13. The van der Waals surface area contributed by atoms with Crippen LogP contribution in [0.2, 0.25) is 0 Å². The van der Waals surface area contributed by atoms with E-state index in [4.69, 9.17) is 0 Å². The van der Waals surface area contributed by atoms with E-state index in [0.717, 1.165) is 35.7 Å². The average Bonchev–Trinajstić information content (AvgIpc) is 2.34. The van der Waals surface area contributed by atoms with Crippen molar-refractivity contribution in [3.8, 4) is 0 Å². The van der Waals surface area contributed by atoms with Crippen LogP contribution in [0.1, 0.15) is 31.2 Å². The third kappa shape index (κ3) is 3.31. The molecule has 0 spiro atoms. The summed E-state index contributed by atoms with van der Waals surface area (Å²) in [6.45, 7) is 0.653. The monoisotopic (exact) mass is 315 g/mol. The summed E-state index contributed by atoms with van der Waals surface area (Å²) in [7, 11) is 2.00. The van der Waals surface area contributed by atoms with Crippen LogP contribution < -0.4 is 0 Å². The van der Waals surface area contributed by atoms with Gasteiger partial charge in [-0.05, 0) is 43.7 Å². The maximum absolute atomic E-state index is 13.2. The fourth-order valence-corrected chi connectivity index (χ4v) is 3.03. The summed E-state index contributed by atoms with van der Waals surface area (Å²) in [5, 5.41) is 10.0. The Kier molecular flexibility index (Phi) is 4.76. The fourth-order valence-electron chi connectivity index (χ4n) is 2.66. The smallest absolute Gasteiger partial charge is 0.123 e. The van der Waals surface area contributed by atoms with Crippen molar-refractivity contribution in [2.75, 3.05) is 7.05 Å². The van der Waals surface area contributed by atoms with Gasteiger partial charge in [-0.15, -0.1) is 0 Å². The highest BCUT2D eigenvalue weighted by Gasteiger charge is 2.26. The predicted octanol–water partition coefficient (Wildman–Crippen LogP) is 3.32. The van der Waals surface area contributed by atoms with Crippen LogP contribution in [-0.2, 0) is 6.54 Å². The Morgan fingerprint density at radius 2 is 2.11 bits per heavy atom. The van der Waals surface area contributed by atoms with E-state index in [2.05, 4.69) is 20.8 Å². The van der Waals surface area contributed by atoms with E-state index in [0.29, 0.717) is 6.54 Å². The van der Waals surface area contributed by atoms with Crippen LogP contribution in [0, 0.1) is 5.82 Å². The van der Waals surface area contributed by atoms with Gasteiger partial charge in [0, 0.05) is 17.1 Å². The molecule has 2 unspecified atom stereocenters. The maximum Gasteiger partial charge on any atom is 0.123 e. The first-order valence-electron chi connectivity index (χ1n) is 6.40. The zero-order chi connectivity index (χ0) is 13.1. The van der Waals surface area contributed by atoms with Gasteiger partial charge in [-0.1, -0.05) is 28.8 Å². The Balaban J connectivity index is 2.05. The van der Waals surface area contributed by atoms with Crippen molar-refractivity contribution in [3.63, 3.8) is 0 Å². The molecule has 4 heteroatoms. The van der Waals surface area contributed by atoms with Crippen LogP contribution in [-0.4, -0.2) is 29.2 Å². The summed E-state index contributed by atoms with van der Waals surface area (Å²) >= 11 is 3.44. The molecule has 1 aliphatic rings. The van der Waals surface area contributed by atoms with Gasteiger partial charge in [-0.3, -0.25) is 4.90 Å². The van der Waals surface area contributed by atoms with Crippen LogP contribution in [0.15, 0.2) is 22.7 Å². The van der Waals surface area contributed by atoms with Crippen molar-refractivity contribution in [3.05, 3.63) is 34.1 Å². The van der Waals surface area contributed by atoms with Crippen molar-refractivity contribution < 1.29 is 9.50 Å². The number of nitrogens with zero attached hydrogens (tertiary/aromatic N) is 1. The van der Waals surface area contributed by atoms with Crippen LogP contribution >= 0.6 is 15.9 Å². The van der Waals surface area contributed by atoms with Crippen molar-refractivity contribution in [2.45, 2.75) is 44.4 Å². The number of hydrogen-bond donors (Lipinski definition) is 1. The predicted molar refractivity (Wildman–Crippen MR) is 73.8 cm³/mol. The summed E-state index contributed by atoms with van der Waals surface area (Å²) in [4.78, 5) is 2.13. The Bertz CT molecular complexity index is 413. The summed E-state index contributed by atoms with van der Waals surface area (Å²) in [6, 6.07) is 4.92. The first-order valence-corrected chi connectivity index (χ1v) is 7.19. The van der Waals surface area contributed by atoms with Crippen LogP contribution in [0.5, 0.6) is 0 Å². The van der Waals surface area contributed by atoms with Gasteiger partial charge in [0.05, 0.1) is 6.10 Å². The molecule has 1 aliphatic carbocycles. The molecule has 1 aromatic rings. The molecule has 0 saturated heterocycles. The van der Waals surface area contributed by atoms with Gasteiger partial charge in [-0.25, -0.2) is 4.39 Å². The molecule has 1 saturated carbocycles. The highest BCUT2D eigenvalue weighted by molar-refractivity contribution is 9.10. The number of aliphatic hydroxyl groups excluding tert-OH is 1. The van der Waals surface area contributed by atoms with Gasteiger partial charge in [0.15, 0.2) is 0 Å². The fraction of sp³-hybridized carbons (Fsp3) is 0.571. The molecule has 0 bridgehead atoms. The molecule has 100 valence electrons. The second-order valence-corrected chi connectivity index (χ2v) is 5.92. The minimum Gasteiger partial charge on any atom is -0.391 e. The van der Waals surface area contributed by atoms with Crippen molar-refractivity contribution in [1.82, 2.24) is 4.90 Å². The Morgan fingerprint density at radius 3 is 2.83 bits per heavy atom. The highest BCUT2D eigenvalue weighted by atomic mass is 79.9. The SMILES string of the molecule is CN(Cc1cc(F)ccc1Br)C1CCCCC1O. The second-order valence-electron chi connectivity index (χ2n) is 5.07. The minimum absolute atomic E-state index is 0.189. The maximum atomic E-state index is 13.2. The van der Waals surface area contributed by atoms with Gasteiger partial charge in [0.25, 0.3) is 0 Å². The lowest BCUT2D eigenvalue weighted by Gasteiger charge is -2.35. The minimum atomic E-state index is -0.254. The summed E-state index contributed by atoms with van der Waals surface area (Å²) in [5.41, 5.74) is 0.926. The largest absolute Gasteiger partial charge is 0.391 e. The number of likely N-dealkylation sites (N-methyl/N-ethyl adjacent to an activating group) is 1. The lowest BCUT2D eigenvalue weighted by Crippen LogP contribution is -2.42. The zero-order valence-corrected chi connectivity index (χ0v) is 12.2. The number of halogens is 2. The van der Waals surface area contributed by atoms with E-state index in [1.54, 1.807) is 12.1 Å². The third-order valence-corrected chi connectivity index (χ3v) is 4.46. The van der Waals surface area contributed by atoms with Crippen molar-refractivity contribution in [1.29, 1.82) is 0 Å². The molecule has 18 heavy (non-hydrogen) atoms. The van der Waals surface area contributed by atoms with E-state index in [-0.39, 0.29) is 18.0 Å². The molecule has 2 atom stereocenters. The van der Waals surface area contributed by atoms with Crippen LogP contribution in [0.3, 0.4) is 0 Å². The Hall–Kier alpha value is -0.450. The topological polar surface area (TPSA) is 23.5 Å². The summed E-state index contributed by atoms with van der Waals surface area (Å²) < 4.78 is 14.1. The molecule has 0 aromatic heterocycles. The summed E-state index contributed by atoms with van der Waals surface area (Å²) in [6.07, 6.45) is 3.91. The Morgan fingerprint density at radius 1 is 1.39 bits per heavy atom. The molecule has 1 aromatic carbocycles. The highest BCUT2D eigenvalue weighted by Crippen LogP contribution is 2.25. The van der Waals surface area contributed by atoms with E-state index in [1.807, 2.05) is 7.05 Å². The third-order valence-electron chi connectivity index (χ3n) is 3.69. The van der Waals surface area contributed by atoms with E-state index < -0.39 is 0 Å².